The molecule has 0 saturated carbocycles. The van der Waals surface area contributed by atoms with Gasteiger partial charge in [0.05, 0.1) is 9.52 Å². The fraction of sp³-hybridized carbons (Fsp3) is 0.800. The first-order valence-corrected chi connectivity index (χ1v) is 6.47. The third-order valence-electron chi connectivity index (χ3n) is 2.21. The van der Waals surface area contributed by atoms with Crippen molar-refractivity contribution in [1.29, 1.82) is 0 Å². The minimum Gasteiger partial charge on any atom is -0.382 e. The summed E-state index contributed by atoms with van der Waals surface area (Å²) >= 11 is 0. The number of ether oxygens (including phenoxy) is 1. The van der Waals surface area contributed by atoms with Crippen LogP contribution in [-0.2, 0) is 4.74 Å². The van der Waals surface area contributed by atoms with Crippen molar-refractivity contribution in [2.75, 3.05) is 6.61 Å². The van der Waals surface area contributed by atoms with Crippen molar-refractivity contribution in [2.24, 2.45) is 0 Å². The van der Waals surface area contributed by atoms with Gasteiger partial charge in [0.15, 0.2) is 0 Å². The molecule has 1 saturated heterocycles. The van der Waals surface area contributed by atoms with E-state index in [1.54, 1.807) is 0 Å². The number of rotatable bonds is 4. The van der Waals surface area contributed by atoms with Crippen LogP contribution < -0.4 is 0 Å². The highest BCUT2D eigenvalue weighted by molar-refractivity contribution is 6.37. The van der Waals surface area contributed by atoms with Crippen LogP contribution in [0.1, 0.15) is 33.1 Å². The summed E-state index contributed by atoms with van der Waals surface area (Å²) in [5, 5.41) is 0. The van der Waals surface area contributed by atoms with Gasteiger partial charge >= 0.3 is 0 Å². The molecule has 0 aromatic heterocycles. The molecule has 12 heavy (non-hydrogen) atoms. The highest BCUT2D eigenvalue weighted by Gasteiger charge is 2.12. The van der Waals surface area contributed by atoms with E-state index in [2.05, 4.69) is 6.58 Å². The van der Waals surface area contributed by atoms with Crippen molar-refractivity contribution in [3.63, 3.8) is 0 Å². The zero-order chi connectivity index (χ0) is 7.94. The van der Waals surface area contributed by atoms with Crippen LogP contribution in [0.5, 0.6) is 0 Å². The molecule has 1 aliphatic heterocycles. The molecule has 0 amide bonds. The van der Waals surface area contributed by atoms with Crippen molar-refractivity contribution in [1.82, 2.24) is 0 Å². The lowest BCUT2D eigenvalue weighted by Crippen LogP contribution is -2.25. The van der Waals surface area contributed by atoms with Crippen molar-refractivity contribution in [3.8, 4) is 0 Å². The average molecular weight is 186 g/mol. The first kappa shape index (κ1) is 11.9. The van der Waals surface area contributed by atoms with Gasteiger partial charge in [0, 0.05) is 12.3 Å². The first-order valence-electron chi connectivity index (χ1n) is 4.66. The zero-order valence-corrected chi connectivity index (χ0v) is 8.63. The second-order valence-corrected chi connectivity index (χ2v) is 5.40. The summed E-state index contributed by atoms with van der Waals surface area (Å²) < 4.78 is 5.65. The third-order valence-corrected chi connectivity index (χ3v) is 4.31. The zero-order valence-electron chi connectivity index (χ0n) is 7.22. The topological polar surface area (TPSA) is 9.23 Å². The van der Waals surface area contributed by atoms with Crippen molar-refractivity contribution >= 4 is 9.52 Å². The highest BCUT2D eigenvalue weighted by atomic mass is 28.2. The van der Waals surface area contributed by atoms with E-state index in [4.69, 9.17) is 4.74 Å². The van der Waals surface area contributed by atoms with Gasteiger partial charge in [0.2, 0.25) is 0 Å². The van der Waals surface area contributed by atoms with Gasteiger partial charge in [-0.15, -0.1) is 6.58 Å². The van der Waals surface area contributed by atoms with Crippen LogP contribution in [0.15, 0.2) is 12.7 Å². The second-order valence-electron chi connectivity index (χ2n) is 3.21. The Morgan fingerprint density at radius 1 is 1.50 bits per heavy atom. The van der Waals surface area contributed by atoms with Crippen molar-refractivity contribution < 1.29 is 4.74 Å². The molecular formula is C10H22OSi. The molecule has 0 aromatic rings. The fourth-order valence-corrected chi connectivity index (χ4v) is 3.42. The molecule has 2 heteroatoms. The molecule has 1 unspecified atom stereocenters. The van der Waals surface area contributed by atoms with Crippen molar-refractivity contribution in [3.05, 3.63) is 12.7 Å². The maximum absolute atomic E-state index is 5.65. The summed E-state index contributed by atoms with van der Waals surface area (Å²) in [6.07, 6.45) is 7.24. The maximum atomic E-state index is 5.65. The molecule has 0 radical (unpaired) electrons. The monoisotopic (exact) mass is 186 g/mol. The molecule has 72 valence electrons. The van der Waals surface area contributed by atoms with Gasteiger partial charge in [0.25, 0.3) is 0 Å². The van der Waals surface area contributed by atoms with Gasteiger partial charge in [0.1, 0.15) is 0 Å². The van der Waals surface area contributed by atoms with Gasteiger partial charge in [-0.3, -0.25) is 0 Å². The lowest BCUT2D eigenvalue weighted by molar-refractivity contribution is 0.0650. The lowest BCUT2D eigenvalue weighted by atomic mass is 10.2. The van der Waals surface area contributed by atoms with E-state index in [1.165, 1.54) is 31.7 Å². The number of hydrogen-bond donors (Lipinski definition) is 0. The van der Waals surface area contributed by atoms with Crippen LogP contribution in [-0.4, -0.2) is 21.9 Å². The van der Waals surface area contributed by atoms with Crippen molar-refractivity contribution in [2.45, 2.75) is 44.9 Å². The molecule has 1 aliphatic rings. The smallest absolute Gasteiger partial charge is 0.0558 e. The summed E-state index contributed by atoms with van der Waals surface area (Å²) in [5.74, 6) is 0. The molecule has 1 atom stereocenters. The molecule has 0 spiro atoms. The van der Waals surface area contributed by atoms with E-state index in [1.807, 2.05) is 6.08 Å². The molecule has 1 fully saturated rings. The van der Waals surface area contributed by atoms with Crippen LogP contribution in [0.3, 0.4) is 0 Å². The second kappa shape index (κ2) is 7.56. The van der Waals surface area contributed by atoms with Crippen LogP contribution >= 0.6 is 0 Å². The summed E-state index contributed by atoms with van der Waals surface area (Å²) in [6, 6.07) is 1.38. The quantitative estimate of drug-likeness (QED) is 0.372. The summed E-state index contributed by atoms with van der Waals surface area (Å²) in [5.41, 5.74) is 0.698. The van der Waals surface area contributed by atoms with Crippen LogP contribution in [0.2, 0.25) is 6.04 Å². The van der Waals surface area contributed by atoms with Crippen LogP contribution in [0, 0.1) is 0 Å². The third kappa shape index (κ3) is 4.73. The van der Waals surface area contributed by atoms with E-state index in [-0.39, 0.29) is 16.9 Å². The van der Waals surface area contributed by atoms with E-state index < -0.39 is 0 Å². The van der Waals surface area contributed by atoms with E-state index in [0.29, 0.717) is 5.73 Å². The Balaban J connectivity index is 0.00000121. The lowest BCUT2D eigenvalue weighted by Gasteiger charge is -2.21. The Bertz CT molecular complexity index is 108. The Morgan fingerprint density at radius 2 is 2.33 bits per heavy atom. The van der Waals surface area contributed by atoms with Gasteiger partial charge < -0.3 is 4.74 Å². The summed E-state index contributed by atoms with van der Waals surface area (Å²) in [7, 11) is 0.0611. The Morgan fingerprint density at radius 3 is 2.92 bits per heavy atom. The maximum Gasteiger partial charge on any atom is 0.0558 e. The fourth-order valence-electron chi connectivity index (χ4n) is 1.52. The normalized spacial score (nSPS) is 23.8. The molecule has 0 aliphatic carbocycles. The molecule has 1 heterocycles. The first-order chi connectivity index (χ1) is 5.43. The summed E-state index contributed by atoms with van der Waals surface area (Å²) in [4.78, 5) is 0. The number of hydrogen-bond acceptors (Lipinski definition) is 1. The van der Waals surface area contributed by atoms with Gasteiger partial charge in [-0.2, -0.15) is 0 Å². The van der Waals surface area contributed by atoms with Gasteiger partial charge in [-0.1, -0.05) is 19.5 Å². The average Bonchev–Trinajstić information content (AvgIpc) is 2.07. The van der Waals surface area contributed by atoms with Gasteiger partial charge in [-0.05, 0) is 25.7 Å². The van der Waals surface area contributed by atoms with Crippen LogP contribution in [0.4, 0.5) is 0 Å². The number of allylic oxidation sites excluding steroid dienone is 1. The predicted octanol–water partition coefficient (Wildman–Crippen LogP) is 2.31. The summed E-state index contributed by atoms with van der Waals surface area (Å²) in [6.45, 7) is 4.74. The minimum absolute atomic E-state index is 0. The molecule has 1 nitrogen and oxygen atoms in total. The minimum atomic E-state index is 0. The largest absolute Gasteiger partial charge is 0.382 e. The Hall–Kier alpha value is -0.0831. The SMILES string of the molecule is C.C=CCC[SiH2]C1CCCCO1. The van der Waals surface area contributed by atoms with E-state index in [0.717, 1.165) is 6.61 Å². The standard InChI is InChI=1S/C9H18OSi.CH4/c1-2-3-8-11-9-6-4-5-7-10-9;/h2,9H,1,3-8,11H2;1H4. The Kier molecular flexibility index (Phi) is 7.51. The molecule has 0 aromatic carbocycles. The van der Waals surface area contributed by atoms with Crippen LogP contribution in [0.25, 0.3) is 0 Å². The van der Waals surface area contributed by atoms with E-state index in [9.17, 15) is 0 Å². The Labute approximate surface area is 79.0 Å². The molecule has 1 rings (SSSR count). The molecule has 0 bridgehead atoms. The van der Waals surface area contributed by atoms with Gasteiger partial charge in [-0.25, -0.2) is 0 Å². The molecular weight excluding hydrogens is 164 g/mol. The van der Waals surface area contributed by atoms with E-state index >= 15 is 0 Å². The molecule has 0 N–H and O–H groups in total. The predicted molar refractivity (Wildman–Crippen MR) is 58.5 cm³/mol. The highest BCUT2D eigenvalue weighted by Crippen LogP contribution is 2.12.